The lowest BCUT2D eigenvalue weighted by Crippen LogP contribution is -2.47. The Morgan fingerprint density at radius 2 is 2.08 bits per heavy atom. The van der Waals surface area contributed by atoms with Crippen LogP contribution in [0.2, 0.25) is 0 Å². The van der Waals surface area contributed by atoms with E-state index in [9.17, 15) is 4.79 Å². The van der Waals surface area contributed by atoms with Gasteiger partial charge >= 0.3 is 6.03 Å². The van der Waals surface area contributed by atoms with Gasteiger partial charge in [0, 0.05) is 31.5 Å². The molecule has 2 atom stereocenters. The van der Waals surface area contributed by atoms with E-state index in [2.05, 4.69) is 15.5 Å². The highest BCUT2D eigenvalue weighted by atomic mass is 35.5. The summed E-state index contributed by atoms with van der Waals surface area (Å²) in [6.07, 6.45) is 7.19. The average Bonchev–Trinajstić information content (AvgIpc) is 3.42. The molecule has 3 aliphatic rings. The highest BCUT2D eigenvalue weighted by Crippen LogP contribution is 2.38. The Morgan fingerprint density at radius 1 is 1.23 bits per heavy atom. The number of halogens is 1. The van der Waals surface area contributed by atoms with Crippen LogP contribution in [0.25, 0.3) is 0 Å². The highest BCUT2D eigenvalue weighted by Gasteiger charge is 2.40. The van der Waals surface area contributed by atoms with Crippen LogP contribution in [0.4, 0.5) is 9.93 Å². The maximum atomic E-state index is 12.9. The summed E-state index contributed by atoms with van der Waals surface area (Å²) in [7, 11) is 0. The van der Waals surface area contributed by atoms with Crippen molar-refractivity contribution in [1.82, 2.24) is 20.4 Å². The van der Waals surface area contributed by atoms with Crippen molar-refractivity contribution in [2.45, 2.75) is 56.7 Å². The summed E-state index contributed by atoms with van der Waals surface area (Å²) in [6, 6.07) is -0.0374. The fourth-order valence-corrected chi connectivity index (χ4v) is 5.31. The quantitative estimate of drug-likeness (QED) is 0.714. The van der Waals surface area contributed by atoms with Crippen molar-refractivity contribution < 1.29 is 9.53 Å². The fraction of sp³-hybridized carbons (Fsp3) is 0.824. The summed E-state index contributed by atoms with van der Waals surface area (Å²) < 4.78 is 5.70. The fourth-order valence-electron chi connectivity index (χ4n) is 4.05. The van der Waals surface area contributed by atoms with E-state index in [1.807, 2.05) is 0 Å². The van der Waals surface area contributed by atoms with Gasteiger partial charge < -0.3 is 9.64 Å². The minimum atomic E-state index is -0.112. The minimum Gasteiger partial charge on any atom is -0.377 e. The van der Waals surface area contributed by atoms with E-state index in [0.717, 1.165) is 31.0 Å². The van der Waals surface area contributed by atoms with Crippen LogP contribution in [0.15, 0.2) is 0 Å². The SMILES string of the molecule is O=C1N(CCCl)CC(NCC2CCCO2)N1c1nnc(C2CCCC2)s1. The molecule has 1 aliphatic carbocycles. The van der Waals surface area contributed by atoms with Crippen LogP contribution >= 0.6 is 22.9 Å². The molecule has 7 nitrogen and oxygen atoms in total. The van der Waals surface area contributed by atoms with Crippen LogP contribution < -0.4 is 10.2 Å². The summed E-state index contributed by atoms with van der Waals surface area (Å²) in [5.74, 6) is 0.942. The van der Waals surface area contributed by atoms with Gasteiger partial charge in [0.15, 0.2) is 0 Å². The third-order valence-electron chi connectivity index (χ3n) is 5.48. The molecule has 0 bridgehead atoms. The largest absolute Gasteiger partial charge is 0.377 e. The number of carbonyl (C=O) groups excluding carboxylic acids is 1. The smallest absolute Gasteiger partial charge is 0.327 e. The van der Waals surface area contributed by atoms with Crippen molar-refractivity contribution in [3.63, 3.8) is 0 Å². The van der Waals surface area contributed by atoms with E-state index in [0.29, 0.717) is 30.0 Å². The number of urea groups is 1. The molecule has 2 aliphatic heterocycles. The zero-order valence-electron chi connectivity index (χ0n) is 14.9. The Morgan fingerprint density at radius 3 is 2.81 bits per heavy atom. The molecular formula is C17H26ClN5O2S. The number of rotatable bonds is 7. The predicted octanol–water partition coefficient (Wildman–Crippen LogP) is 2.77. The third kappa shape index (κ3) is 3.83. The number of anilines is 1. The number of aromatic nitrogens is 2. The highest BCUT2D eigenvalue weighted by molar-refractivity contribution is 7.15. The van der Waals surface area contributed by atoms with Gasteiger partial charge in [0.2, 0.25) is 5.13 Å². The summed E-state index contributed by atoms with van der Waals surface area (Å²) in [5, 5.41) is 14.0. The Kier molecular flexibility index (Phi) is 5.93. The molecular weight excluding hydrogens is 374 g/mol. The van der Waals surface area contributed by atoms with Gasteiger partial charge in [0.25, 0.3) is 0 Å². The van der Waals surface area contributed by atoms with E-state index >= 15 is 0 Å². The number of amides is 2. The lowest BCUT2D eigenvalue weighted by atomic mass is 10.1. The van der Waals surface area contributed by atoms with Crippen molar-refractivity contribution >= 4 is 34.1 Å². The molecule has 26 heavy (non-hydrogen) atoms. The maximum absolute atomic E-state index is 12.9. The lowest BCUT2D eigenvalue weighted by Gasteiger charge is -2.22. The molecule has 4 rings (SSSR count). The number of hydrogen-bond acceptors (Lipinski definition) is 6. The summed E-state index contributed by atoms with van der Waals surface area (Å²) in [6.45, 7) is 2.73. The molecule has 2 amide bonds. The van der Waals surface area contributed by atoms with Crippen molar-refractivity contribution in [2.75, 3.05) is 37.0 Å². The van der Waals surface area contributed by atoms with E-state index < -0.39 is 0 Å². The second kappa shape index (κ2) is 8.37. The Balaban J connectivity index is 1.48. The predicted molar refractivity (Wildman–Crippen MR) is 102 cm³/mol. The van der Waals surface area contributed by atoms with E-state index in [1.165, 1.54) is 25.7 Å². The van der Waals surface area contributed by atoms with Crippen LogP contribution in [-0.2, 0) is 4.74 Å². The van der Waals surface area contributed by atoms with Crippen molar-refractivity contribution in [3.05, 3.63) is 5.01 Å². The molecule has 1 saturated carbocycles. The minimum absolute atomic E-state index is 0.0374. The summed E-state index contributed by atoms with van der Waals surface area (Å²) in [4.78, 5) is 16.4. The van der Waals surface area contributed by atoms with Crippen LogP contribution in [0.3, 0.4) is 0 Å². The Hall–Kier alpha value is -0.960. The zero-order chi connectivity index (χ0) is 17.9. The van der Waals surface area contributed by atoms with E-state index in [1.54, 1.807) is 21.1 Å². The average molecular weight is 400 g/mol. The standard InChI is InChI=1S/C17H26ClN5O2S/c18-7-8-22-11-14(19-10-13-6-3-9-25-13)23(17(22)24)16-21-20-15(26-16)12-4-1-2-5-12/h12-14,19H,1-11H2. The van der Waals surface area contributed by atoms with Gasteiger partial charge in [-0.3, -0.25) is 10.2 Å². The molecule has 1 aromatic heterocycles. The second-order valence-corrected chi connectivity index (χ2v) is 8.62. The van der Waals surface area contributed by atoms with Crippen molar-refractivity contribution in [1.29, 1.82) is 0 Å². The summed E-state index contributed by atoms with van der Waals surface area (Å²) in [5.41, 5.74) is 0. The number of nitrogens with one attached hydrogen (secondary N) is 1. The van der Waals surface area contributed by atoms with Crippen LogP contribution in [0.1, 0.15) is 49.5 Å². The topological polar surface area (TPSA) is 70.6 Å². The number of ether oxygens (including phenoxy) is 1. The van der Waals surface area contributed by atoms with E-state index in [4.69, 9.17) is 16.3 Å². The van der Waals surface area contributed by atoms with E-state index in [-0.39, 0.29) is 18.3 Å². The molecule has 2 unspecified atom stereocenters. The monoisotopic (exact) mass is 399 g/mol. The molecule has 3 heterocycles. The van der Waals surface area contributed by atoms with Crippen LogP contribution in [0.5, 0.6) is 0 Å². The van der Waals surface area contributed by atoms with Gasteiger partial charge in [-0.25, -0.2) is 4.79 Å². The molecule has 144 valence electrons. The van der Waals surface area contributed by atoms with Gasteiger partial charge in [0.1, 0.15) is 11.2 Å². The molecule has 1 N–H and O–H groups in total. The Labute approximate surface area is 163 Å². The maximum Gasteiger partial charge on any atom is 0.327 e. The van der Waals surface area contributed by atoms with Gasteiger partial charge in [0.05, 0.1) is 12.6 Å². The first-order valence-electron chi connectivity index (χ1n) is 9.58. The molecule has 9 heteroatoms. The Bertz CT molecular complexity index is 618. The van der Waals surface area contributed by atoms with Crippen molar-refractivity contribution in [2.24, 2.45) is 0 Å². The molecule has 3 fully saturated rings. The summed E-state index contributed by atoms with van der Waals surface area (Å²) >= 11 is 7.45. The molecule has 1 aromatic rings. The number of carbonyl (C=O) groups is 1. The lowest BCUT2D eigenvalue weighted by molar-refractivity contribution is 0.107. The molecule has 0 aromatic carbocycles. The van der Waals surface area contributed by atoms with Crippen LogP contribution in [-0.4, -0.2) is 65.5 Å². The van der Waals surface area contributed by atoms with Gasteiger partial charge in [-0.05, 0) is 25.7 Å². The van der Waals surface area contributed by atoms with Gasteiger partial charge in [-0.1, -0.05) is 24.2 Å². The molecule has 2 saturated heterocycles. The van der Waals surface area contributed by atoms with Crippen LogP contribution in [0, 0.1) is 0 Å². The van der Waals surface area contributed by atoms with Crippen molar-refractivity contribution in [3.8, 4) is 0 Å². The molecule has 0 radical (unpaired) electrons. The first-order chi connectivity index (χ1) is 12.8. The second-order valence-electron chi connectivity index (χ2n) is 7.25. The van der Waals surface area contributed by atoms with Gasteiger partial charge in [-0.15, -0.1) is 21.8 Å². The van der Waals surface area contributed by atoms with Gasteiger partial charge in [-0.2, -0.15) is 0 Å². The number of nitrogens with zero attached hydrogens (tertiary/aromatic N) is 4. The third-order valence-corrected chi connectivity index (χ3v) is 6.74. The first kappa shape index (κ1) is 18.4. The number of hydrogen-bond donors (Lipinski definition) is 1. The zero-order valence-corrected chi connectivity index (χ0v) is 16.5. The first-order valence-corrected chi connectivity index (χ1v) is 10.9. The number of alkyl halides is 1. The molecule has 0 spiro atoms. The normalized spacial score (nSPS) is 27.2.